The zero-order chi connectivity index (χ0) is 17.5. The quantitative estimate of drug-likeness (QED) is 0.631. The molecule has 0 saturated carbocycles. The van der Waals surface area contributed by atoms with Crippen LogP contribution < -0.4 is 5.32 Å². The molecule has 0 aliphatic rings. The number of nitrogens with one attached hydrogen (secondary N) is 1. The maximum absolute atomic E-state index is 13.1. The molecule has 0 heterocycles. The van der Waals surface area contributed by atoms with E-state index in [2.05, 4.69) is 5.32 Å². The van der Waals surface area contributed by atoms with Gasteiger partial charge in [0, 0.05) is 10.6 Å². The van der Waals surface area contributed by atoms with Crippen LogP contribution in [0.5, 0.6) is 0 Å². The van der Waals surface area contributed by atoms with Gasteiger partial charge in [-0.1, -0.05) is 25.1 Å². The van der Waals surface area contributed by atoms with E-state index in [-0.39, 0.29) is 0 Å². The highest BCUT2D eigenvalue weighted by Crippen LogP contribution is 2.23. The Labute approximate surface area is 144 Å². The second kappa shape index (κ2) is 8.49. The lowest BCUT2D eigenvalue weighted by atomic mass is 10.2. The molecule has 0 fully saturated rings. The molecular formula is C18H18FNO3S. The lowest BCUT2D eigenvalue weighted by Gasteiger charge is -2.15. The van der Waals surface area contributed by atoms with Crippen molar-refractivity contribution in [3.63, 3.8) is 0 Å². The fourth-order valence-electron chi connectivity index (χ4n) is 2.00. The molecule has 0 aliphatic heterocycles. The minimum absolute atomic E-state index is 0.310. The van der Waals surface area contributed by atoms with Gasteiger partial charge in [0.25, 0.3) is 5.91 Å². The average Bonchev–Trinajstić information content (AvgIpc) is 2.55. The zero-order valence-electron chi connectivity index (χ0n) is 13.4. The van der Waals surface area contributed by atoms with Crippen molar-refractivity contribution < 1.29 is 18.7 Å². The summed E-state index contributed by atoms with van der Waals surface area (Å²) in [6.45, 7) is 3.46. The fourth-order valence-corrected chi connectivity index (χ4v) is 2.80. The molecular weight excluding hydrogens is 329 g/mol. The van der Waals surface area contributed by atoms with Gasteiger partial charge in [0.1, 0.15) is 5.82 Å². The Hall–Kier alpha value is -2.34. The predicted octanol–water partition coefficient (Wildman–Crippen LogP) is 4.12. The van der Waals surface area contributed by atoms with Crippen molar-refractivity contribution in [1.82, 2.24) is 0 Å². The summed E-state index contributed by atoms with van der Waals surface area (Å²) in [5.41, 5.74) is 0.736. The molecule has 0 aromatic heterocycles. The van der Waals surface area contributed by atoms with E-state index >= 15 is 0 Å². The van der Waals surface area contributed by atoms with E-state index in [4.69, 9.17) is 4.74 Å². The molecule has 0 bridgehead atoms. The van der Waals surface area contributed by atoms with Crippen molar-refractivity contribution in [2.75, 3.05) is 11.1 Å². The molecule has 0 aliphatic carbocycles. The molecule has 126 valence electrons. The van der Waals surface area contributed by atoms with Gasteiger partial charge < -0.3 is 10.1 Å². The van der Waals surface area contributed by atoms with Gasteiger partial charge in [0.2, 0.25) is 0 Å². The highest BCUT2D eigenvalue weighted by molar-refractivity contribution is 7.99. The van der Waals surface area contributed by atoms with Crippen molar-refractivity contribution in [3.05, 3.63) is 59.9 Å². The number of thioether (sulfide) groups is 1. The number of ether oxygens (including phenoxy) is 1. The van der Waals surface area contributed by atoms with E-state index in [9.17, 15) is 14.0 Å². The standard InChI is InChI=1S/C18H18FNO3S/c1-3-24-16-10-5-4-9-15(16)18(22)23-12(2)17(21)20-14-8-6-7-13(19)11-14/h4-12H,3H2,1-2H3,(H,20,21)/t12-/m1/s1. The van der Waals surface area contributed by atoms with Crippen LogP contribution in [-0.4, -0.2) is 23.7 Å². The maximum atomic E-state index is 13.1. The molecule has 1 amide bonds. The molecule has 6 heteroatoms. The third-order valence-corrected chi connectivity index (χ3v) is 4.11. The lowest BCUT2D eigenvalue weighted by molar-refractivity contribution is -0.123. The van der Waals surface area contributed by atoms with E-state index in [1.54, 1.807) is 18.2 Å². The van der Waals surface area contributed by atoms with E-state index in [1.165, 1.54) is 36.9 Å². The van der Waals surface area contributed by atoms with Crippen LogP contribution >= 0.6 is 11.8 Å². The van der Waals surface area contributed by atoms with E-state index in [0.29, 0.717) is 11.3 Å². The average molecular weight is 347 g/mol. The second-order valence-corrected chi connectivity index (χ2v) is 6.28. The maximum Gasteiger partial charge on any atom is 0.340 e. The molecule has 0 spiro atoms. The SMILES string of the molecule is CCSc1ccccc1C(=O)O[C@H](C)C(=O)Nc1cccc(F)c1. The number of hydrogen-bond donors (Lipinski definition) is 1. The van der Waals surface area contributed by atoms with Crippen LogP contribution in [0, 0.1) is 5.82 Å². The summed E-state index contributed by atoms with van der Waals surface area (Å²) in [6.07, 6.45) is -1.000. The minimum atomic E-state index is -1.000. The van der Waals surface area contributed by atoms with Gasteiger partial charge in [0.05, 0.1) is 5.56 Å². The van der Waals surface area contributed by atoms with Crippen LogP contribution in [0.1, 0.15) is 24.2 Å². The Morgan fingerprint density at radius 2 is 1.96 bits per heavy atom. The van der Waals surface area contributed by atoms with Gasteiger partial charge in [-0.3, -0.25) is 4.79 Å². The number of hydrogen-bond acceptors (Lipinski definition) is 4. The largest absolute Gasteiger partial charge is 0.449 e. The third-order valence-electron chi connectivity index (χ3n) is 3.15. The first-order valence-corrected chi connectivity index (χ1v) is 8.49. The number of carbonyl (C=O) groups excluding carboxylic acids is 2. The van der Waals surface area contributed by atoms with Crippen LogP contribution in [0.15, 0.2) is 53.4 Å². The number of amides is 1. The van der Waals surface area contributed by atoms with Crippen LogP contribution in [0.2, 0.25) is 0 Å². The molecule has 1 N–H and O–H groups in total. The highest BCUT2D eigenvalue weighted by atomic mass is 32.2. The molecule has 2 rings (SSSR count). The number of esters is 1. The first kappa shape index (κ1) is 18.0. The smallest absolute Gasteiger partial charge is 0.340 e. The minimum Gasteiger partial charge on any atom is -0.449 e. The zero-order valence-corrected chi connectivity index (χ0v) is 14.2. The normalized spacial score (nSPS) is 11.6. The van der Waals surface area contributed by atoms with E-state index in [1.807, 2.05) is 19.1 Å². The topological polar surface area (TPSA) is 55.4 Å². The first-order valence-electron chi connectivity index (χ1n) is 7.50. The van der Waals surface area contributed by atoms with Gasteiger partial charge in [-0.05, 0) is 43.0 Å². The number of anilines is 1. The Morgan fingerprint density at radius 1 is 1.21 bits per heavy atom. The third kappa shape index (κ3) is 4.83. The van der Waals surface area contributed by atoms with Crippen molar-refractivity contribution in [2.45, 2.75) is 24.8 Å². The van der Waals surface area contributed by atoms with Crippen LogP contribution in [0.4, 0.5) is 10.1 Å². The van der Waals surface area contributed by atoms with Gasteiger partial charge in [-0.15, -0.1) is 11.8 Å². The van der Waals surface area contributed by atoms with Crippen LogP contribution in [0.3, 0.4) is 0 Å². The van der Waals surface area contributed by atoms with Crippen LogP contribution in [-0.2, 0) is 9.53 Å². The Balaban J connectivity index is 2.02. The van der Waals surface area contributed by atoms with E-state index < -0.39 is 23.8 Å². The van der Waals surface area contributed by atoms with Crippen LogP contribution in [0.25, 0.3) is 0 Å². The monoisotopic (exact) mass is 347 g/mol. The summed E-state index contributed by atoms with van der Waals surface area (Å²) in [5.74, 6) is -0.717. The van der Waals surface area contributed by atoms with Crippen molar-refractivity contribution in [2.24, 2.45) is 0 Å². The van der Waals surface area contributed by atoms with Crippen molar-refractivity contribution in [3.8, 4) is 0 Å². The predicted molar refractivity (Wildman–Crippen MR) is 92.7 cm³/mol. The summed E-state index contributed by atoms with van der Waals surface area (Å²) in [5, 5.41) is 2.52. The lowest BCUT2D eigenvalue weighted by Crippen LogP contribution is -2.30. The summed E-state index contributed by atoms with van der Waals surface area (Å²) < 4.78 is 18.4. The summed E-state index contributed by atoms with van der Waals surface area (Å²) in [6, 6.07) is 12.6. The number of carbonyl (C=O) groups is 2. The van der Waals surface area contributed by atoms with Gasteiger partial charge in [-0.2, -0.15) is 0 Å². The fraction of sp³-hybridized carbons (Fsp3) is 0.222. The molecule has 24 heavy (non-hydrogen) atoms. The molecule has 0 saturated heterocycles. The Bertz CT molecular complexity index is 736. The molecule has 2 aromatic carbocycles. The van der Waals surface area contributed by atoms with Gasteiger partial charge in [-0.25, -0.2) is 9.18 Å². The van der Waals surface area contributed by atoms with Gasteiger partial charge in [0.15, 0.2) is 6.10 Å². The van der Waals surface area contributed by atoms with E-state index in [0.717, 1.165) is 10.6 Å². The Morgan fingerprint density at radius 3 is 2.67 bits per heavy atom. The highest BCUT2D eigenvalue weighted by Gasteiger charge is 2.21. The number of rotatable bonds is 6. The molecule has 1 atom stereocenters. The van der Waals surface area contributed by atoms with Crippen molar-refractivity contribution >= 4 is 29.3 Å². The molecule has 0 radical (unpaired) electrons. The summed E-state index contributed by atoms with van der Waals surface area (Å²) in [7, 11) is 0. The molecule has 4 nitrogen and oxygen atoms in total. The molecule has 2 aromatic rings. The number of benzene rings is 2. The second-order valence-electron chi connectivity index (χ2n) is 4.98. The summed E-state index contributed by atoms with van der Waals surface area (Å²) >= 11 is 1.53. The number of halogens is 1. The molecule has 0 unspecified atom stereocenters. The van der Waals surface area contributed by atoms with Gasteiger partial charge >= 0.3 is 5.97 Å². The summed E-state index contributed by atoms with van der Waals surface area (Å²) in [4.78, 5) is 25.2. The van der Waals surface area contributed by atoms with Crippen molar-refractivity contribution in [1.29, 1.82) is 0 Å². The first-order chi connectivity index (χ1) is 11.5. The Kier molecular flexibility index (Phi) is 6.37.